The SMILES string of the molecule is O=C1/C(=N\O)c2ccc(-c3ccccc3)cc2N1Cc1ccccc1-c1ccccc1. The van der Waals surface area contributed by atoms with Gasteiger partial charge in [-0.3, -0.25) is 4.79 Å². The summed E-state index contributed by atoms with van der Waals surface area (Å²) in [6.07, 6.45) is 0. The van der Waals surface area contributed by atoms with E-state index in [2.05, 4.69) is 23.4 Å². The maximum absolute atomic E-state index is 13.1. The van der Waals surface area contributed by atoms with Crippen LogP contribution in [0.2, 0.25) is 0 Å². The van der Waals surface area contributed by atoms with E-state index in [4.69, 9.17) is 0 Å². The summed E-state index contributed by atoms with van der Waals surface area (Å²) in [5, 5.41) is 12.8. The zero-order valence-corrected chi connectivity index (χ0v) is 16.8. The molecule has 4 heteroatoms. The molecule has 0 radical (unpaired) electrons. The average molecular weight is 404 g/mol. The molecule has 0 saturated heterocycles. The smallest absolute Gasteiger partial charge is 0.281 e. The highest BCUT2D eigenvalue weighted by molar-refractivity contribution is 6.54. The van der Waals surface area contributed by atoms with Crippen molar-refractivity contribution in [2.75, 3.05) is 4.90 Å². The number of benzene rings is 4. The van der Waals surface area contributed by atoms with Gasteiger partial charge in [0, 0.05) is 5.56 Å². The maximum atomic E-state index is 13.1. The van der Waals surface area contributed by atoms with Crippen LogP contribution in [0.15, 0.2) is 108 Å². The number of hydrogen-bond acceptors (Lipinski definition) is 3. The number of nitrogens with zero attached hydrogens (tertiary/aromatic N) is 2. The van der Waals surface area contributed by atoms with Gasteiger partial charge in [-0.25, -0.2) is 0 Å². The number of amides is 1. The molecule has 4 nitrogen and oxygen atoms in total. The molecule has 1 aliphatic rings. The lowest BCUT2D eigenvalue weighted by molar-refractivity contribution is -0.112. The van der Waals surface area contributed by atoms with E-state index in [-0.39, 0.29) is 11.6 Å². The quantitative estimate of drug-likeness (QED) is 0.348. The van der Waals surface area contributed by atoms with E-state index in [1.807, 2.05) is 84.9 Å². The summed E-state index contributed by atoms with van der Waals surface area (Å²) < 4.78 is 0. The second-order valence-corrected chi connectivity index (χ2v) is 7.46. The molecule has 4 aromatic rings. The summed E-state index contributed by atoms with van der Waals surface area (Å²) in [6.45, 7) is 0.383. The molecule has 4 aromatic carbocycles. The van der Waals surface area contributed by atoms with Gasteiger partial charge in [-0.2, -0.15) is 0 Å². The number of carbonyl (C=O) groups excluding carboxylic acids is 1. The van der Waals surface area contributed by atoms with Gasteiger partial charge in [-0.15, -0.1) is 0 Å². The molecule has 0 saturated carbocycles. The fourth-order valence-electron chi connectivity index (χ4n) is 4.10. The molecular weight excluding hydrogens is 384 g/mol. The lowest BCUT2D eigenvalue weighted by Gasteiger charge is -2.20. The molecule has 0 bridgehead atoms. The van der Waals surface area contributed by atoms with Crippen molar-refractivity contribution in [3.05, 3.63) is 114 Å². The Hall–Kier alpha value is -4.18. The molecule has 1 amide bonds. The van der Waals surface area contributed by atoms with Crippen molar-refractivity contribution in [1.29, 1.82) is 0 Å². The van der Waals surface area contributed by atoms with Crippen LogP contribution in [0, 0.1) is 0 Å². The van der Waals surface area contributed by atoms with Crippen molar-refractivity contribution < 1.29 is 10.0 Å². The first kappa shape index (κ1) is 18.8. The molecule has 1 N–H and O–H groups in total. The Morgan fingerprint density at radius 1 is 0.677 bits per heavy atom. The molecule has 0 aromatic heterocycles. The lowest BCUT2D eigenvalue weighted by Crippen LogP contribution is -2.29. The first-order valence-electron chi connectivity index (χ1n) is 10.1. The molecule has 0 spiro atoms. The molecule has 1 aliphatic heterocycles. The molecule has 0 unspecified atom stereocenters. The van der Waals surface area contributed by atoms with E-state index in [9.17, 15) is 10.0 Å². The van der Waals surface area contributed by atoms with Crippen LogP contribution in [0.3, 0.4) is 0 Å². The van der Waals surface area contributed by atoms with E-state index in [0.29, 0.717) is 12.1 Å². The van der Waals surface area contributed by atoms with Crippen molar-refractivity contribution in [1.82, 2.24) is 0 Å². The van der Waals surface area contributed by atoms with Crippen LogP contribution in [0.5, 0.6) is 0 Å². The zero-order chi connectivity index (χ0) is 21.2. The van der Waals surface area contributed by atoms with Crippen molar-refractivity contribution in [2.45, 2.75) is 6.54 Å². The van der Waals surface area contributed by atoms with Crippen molar-refractivity contribution in [3.8, 4) is 22.3 Å². The molecule has 0 fully saturated rings. The van der Waals surface area contributed by atoms with Gasteiger partial charge in [0.15, 0.2) is 5.71 Å². The van der Waals surface area contributed by atoms with Gasteiger partial charge in [0.05, 0.1) is 12.2 Å². The summed E-state index contributed by atoms with van der Waals surface area (Å²) >= 11 is 0. The van der Waals surface area contributed by atoms with Crippen LogP contribution in [-0.2, 0) is 11.3 Å². The normalized spacial score (nSPS) is 14.1. The van der Waals surface area contributed by atoms with Crippen LogP contribution >= 0.6 is 0 Å². The van der Waals surface area contributed by atoms with Crippen molar-refractivity contribution in [3.63, 3.8) is 0 Å². The van der Waals surface area contributed by atoms with Crippen LogP contribution in [0.1, 0.15) is 11.1 Å². The van der Waals surface area contributed by atoms with E-state index >= 15 is 0 Å². The number of oxime groups is 1. The fraction of sp³-hybridized carbons (Fsp3) is 0.0370. The highest BCUT2D eigenvalue weighted by Gasteiger charge is 2.35. The minimum absolute atomic E-state index is 0.0757. The van der Waals surface area contributed by atoms with Gasteiger partial charge >= 0.3 is 0 Å². The third-order valence-electron chi connectivity index (χ3n) is 5.63. The second-order valence-electron chi connectivity index (χ2n) is 7.46. The minimum Gasteiger partial charge on any atom is -0.410 e. The first-order valence-corrected chi connectivity index (χ1v) is 10.1. The predicted molar refractivity (Wildman–Crippen MR) is 123 cm³/mol. The highest BCUT2D eigenvalue weighted by atomic mass is 16.4. The van der Waals surface area contributed by atoms with E-state index in [1.165, 1.54) is 0 Å². The van der Waals surface area contributed by atoms with Crippen LogP contribution in [0.4, 0.5) is 5.69 Å². The first-order chi connectivity index (χ1) is 15.3. The van der Waals surface area contributed by atoms with Crippen molar-refractivity contribution in [2.24, 2.45) is 5.16 Å². The van der Waals surface area contributed by atoms with E-state index in [0.717, 1.165) is 33.5 Å². The Labute approximate surface area is 180 Å². The summed E-state index contributed by atoms with van der Waals surface area (Å²) in [7, 11) is 0. The Kier molecular flexibility index (Phi) is 4.81. The second kappa shape index (κ2) is 7.92. The molecular formula is C27H20N2O2. The molecule has 0 aliphatic carbocycles. The monoisotopic (exact) mass is 404 g/mol. The third kappa shape index (κ3) is 3.38. The Balaban J connectivity index is 1.59. The lowest BCUT2D eigenvalue weighted by atomic mass is 9.99. The minimum atomic E-state index is -0.300. The van der Waals surface area contributed by atoms with Gasteiger partial charge in [0.1, 0.15) is 0 Å². The maximum Gasteiger partial charge on any atom is 0.281 e. The average Bonchev–Trinajstić information content (AvgIpc) is 3.10. The van der Waals surface area contributed by atoms with Crippen LogP contribution < -0.4 is 4.90 Å². The number of carbonyl (C=O) groups is 1. The van der Waals surface area contributed by atoms with Gasteiger partial charge < -0.3 is 10.1 Å². The Morgan fingerprint density at radius 3 is 2.03 bits per heavy atom. The van der Waals surface area contributed by atoms with Crippen LogP contribution in [0.25, 0.3) is 22.3 Å². The predicted octanol–water partition coefficient (Wildman–Crippen LogP) is 5.75. The summed E-state index contributed by atoms with van der Waals surface area (Å²) in [5.74, 6) is -0.300. The largest absolute Gasteiger partial charge is 0.410 e. The Morgan fingerprint density at radius 2 is 1.32 bits per heavy atom. The molecule has 31 heavy (non-hydrogen) atoms. The van der Waals surface area contributed by atoms with E-state index < -0.39 is 0 Å². The number of fused-ring (bicyclic) bond motifs is 1. The molecule has 0 atom stereocenters. The topological polar surface area (TPSA) is 52.9 Å². The summed E-state index contributed by atoms with van der Waals surface area (Å²) in [4.78, 5) is 14.8. The van der Waals surface area contributed by atoms with Gasteiger partial charge in [0.2, 0.25) is 0 Å². The molecule has 150 valence electrons. The van der Waals surface area contributed by atoms with Gasteiger partial charge in [-0.05, 0) is 39.9 Å². The highest BCUT2D eigenvalue weighted by Crippen LogP contribution is 2.36. The third-order valence-corrected chi connectivity index (χ3v) is 5.63. The zero-order valence-electron chi connectivity index (χ0n) is 16.8. The number of anilines is 1. The van der Waals surface area contributed by atoms with Gasteiger partial charge in [-0.1, -0.05) is 96.2 Å². The van der Waals surface area contributed by atoms with E-state index in [1.54, 1.807) is 4.90 Å². The van der Waals surface area contributed by atoms with Gasteiger partial charge in [0.25, 0.3) is 5.91 Å². The standard InChI is InChI=1S/C27H20N2O2/c30-27-26(28-31)24-16-15-21(19-9-3-1-4-10-19)17-25(24)29(27)18-22-13-7-8-14-23(22)20-11-5-2-6-12-20/h1-17,31H,18H2/b28-26-. The number of rotatable bonds is 4. The molecule has 1 heterocycles. The number of hydrogen-bond donors (Lipinski definition) is 1. The van der Waals surface area contributed by atoms with Crippen LogP contribution in [-0.4, -0.2) is 16.8 Å². The summed E-state index contributed by atoms with van der Waals surface area (Å²) in [5.41, 5.74) is 6.74. The van der Waals surface area contributed by atoms with Crippen molar-refractivity contribution >= 4 is 17.3 Å². The fourth-order valence-corrected chi connectivity index (χ4v) is 4.10. The molecule has 5 rings (SSSR count). The Bertz CT molecular complexity index is 1280. The summed E-state index contributed by atoms with van der Waals surface area (Å²) in [6, 6.07) is 34.0.